The van der Waals surface area contributed by atoms with Crippen LogP contribution < -0.4 is 15.5 Å². The van der Waals surface area contributed by atoms with Gasteiger partial charge >= 0.3 is 0 Å². The maximum absolute atomic E-state index is 11.7. The molecule has 1 aromatic heterocycles. The second-order valence-corrected chi connectivity index (χ2v) is 4.88. The van der Waals surface area contributed by atoms with E-state index < -0.39 is 5.91 Å². The molecule has 0 aliphatic rings. The third-order valence-electron chi connectivity index (χ3n) is 3.03. The van der Waals surface area contributed by atoms with Crippen molar-refractivity contribution in [2.75, 3.05) is 7.11 Å². The minimum absolute atomic E-state index is 0.296. The molecule has 0 saturated carbocycles. The van der Waals surface area contributed by atoms with Crippen molar-refractivity contribution in [1.82, 2.24) is 15.7 Å². The highest BCUT2D eigenvalue weighted by Gasteiger charge is 2.08. The highest BCUT2D eigenvalue weighted by molar-refractivity contribution is 5.97. The van der Waals surface area contributed by atoms with E-state index >= 15 is 0 Å². The number of carbonyl (C=O) groups is 2. The van der Waals surface area contributed by atoms with Crippen LogP contribution in [0.5, 0.6) is 5.75 Å². The predicted molar refractivity (Wildman–Crippen MR) is 89.4 cm³/mol. The molecule has 1 aromatic carbocycles. The molecule has 0 radical (unpaired) electrons. The van der Waals surface area contributed by atoms with Crippen LogP contribution in [0.15, 0.2) is 53.9 Å². The Bertz CT molecular complexity index is 717. The smallest absolute Gasteiger partial charge is 0.249 e. The van der Waals surface area contributed by atoms with Crippen molar-refractivity contribution >= 4 is 18.0 Å². The van der Waals surface area contributed by atoms with Crippen LogP contribution in [0.25, 0.3) is 0 Å². The van der Waals surface area contributed by atoms with Gasteiger partial charge in [-0.25, -0.2) is 5.43 Å². The molecular formula is C17H18N4O3. The summed E-state index contributed by atoms with van der Waals surface area (Å²) >= 11 is 0. The number of benzene rings is 1. The third kappa shape index (κ3) is 5.88. The van der Waals surface area contributed by atoms with E-state index in [0.717, 1.165) is 11.1 Å². The van der Waals surface area contributed by atoms with Gasteiger partial charge in [-0.2, -0.15) is 5.10 Å². The van der Waals surface area contributed by atoms with E-state index in [2.05, 4.69) is 20.8 Å². The zero-order valence-corrected chi connectivity index (χ0v) is 13.2. The molecule has 0 unspecified atom stereocenters. The summed E-state index contributed by atoms with van der Waals surface area (Å²) in [7, 11) is 1.57. The number of nitrogens with one attached hydrogen (secondary N) is 2. The zero-order chi connectivity index (χ0) is 17.2. The van der Waals surface area contributed by atoms with E-state index in [4.69, 9.17) is 4.74 Å². The molecule has 2 N–H and O–H groups in total. The monoisotopic (exact) mass is 326 g/mol. The Labute approximate surface area is 139 Å². The second kappa shape index (κ2) is 9.04. The first-order valence-corrected chi connectivity index (χ1v) is 7.29. The standard InChI is InChI=1S/C17H18N4O3/c1-24-15-6-2-4-13(8-15)12-20-21-17(23)9-16(22)19-11-14-5-3-7-18-10-14/h2-8,10,12H,9,11H2,1H3,(H,19,22)(H,21,23). The quantitative estimate of drug-likeness (QED) is 0.455. The third-order valence-corrected chi connectivity index (χ3v) is 3.03. The molecule has 2 aromatic rings. The highest BCUT2D eigenvalue weighted by atomic mass is 16.5. The van der Waals surface area contributed by atoms with Gasteiger partial charge in [-0.3, -0.25) is 14.6 Å². The van der Waals surface area contributed by atoms with Crippen molar-refractivity contribution in [1.29, 1.82) is 0 Å². The summed E-state index contributed by atoms with van der Waals surface area (Å²) in [6.45, 7) is 0.326. The Hall–Kier alpha value is -3.22. The number of methoxy groups -OCH3 is 1. The van der Waals surface area contributed by atoms with Crippen molar-refractivity contribution < 1.29 is 14.3 Å². The molecule has 2 rings (SSSR count). The molecule has 0 fully saturated rings. The Kier molecular flexibility index (Phi) is 6.46. The average molecular weight is 326 g/mol. The topological polar surface area (TPSA) is 92.7 Å². The van der Waals surface area contributed by atoms with E-state index in [1.54, 1.807) is 31.6 Å². The van der Waals surface area contributed by atoms with Gasteiger partial charge in [0, 0.05) is 18.9 Å². The maximum atomic E-state index is 11.7. The molecule has 0 atom stereocenters. The Balaban J connectivity index is 1.74. The number of aromatic nitrogens is 1. The molecule has 0 saturated heterocycles. The van der Waals surface area contributed by atoms with Crippen LogP contribution in [0, 0.1) is 0 Å². The lowest BCUT2D eigenvalue weighted by molar-refractivity contribution is -0.129. The number of pyridine rings is 1. The first-order chi connectivity index (χ1) is 11.7. The van der Waals surface area contributed by atoms with E-state index in [1.807, 2.05) is 24.3 Å². The van der Waals surface area contributed by atoms with Crippen LogP contribution in [0.4, 0.5) is 0 Å². The molecule has 1 heterocycles. The molecular weight excluding hydrogens is 308 g/mol. The lowest BCUT2D eigenvalue weighted by Gasteiger charge is -2.04. The lowest BCUT2D eigenvalue weighted by atomic mass is 10.2. The van der Waals surface area contributed by atoms with Gasteiger partial charge in [0.2, 0.25) is 11.8 Å². The molecule has 0 aliphatic heterocycles. The first-order valence-electron chi connectivity index (χ1n) is 7.29. The van der Waals surface area contributed by atoms with Crippen LogP contribution >= 0.6 is 0 Å². The molecule has 24 heavy (non-hydrogen) atoms. The second-order valence-electron chi connectivity index (χ2n) is 4.88. The molecule has 124 valence electrons. The molecule has 0 bridgehead atoms. The summed E-state index contributed by atoms with van der Waals surface area (Å²) in [6, 6.07) is 10.8. The van der Waals surface area contributed by atoms with E-state index in [0.29, 0.717) is 12.3 Å². The molecule has 7 nitrogen and oxygen atoms in total. The summed E-state index contributed by atoms with van der Waals surface area (Å²) < 4.78 is 5.09. The minimum atomic E-state index is -0.488. The van der Waals surface area contributed by atoms with Gasteiger partial charge in [0.15, 0.2) is 0 Å². The normalized spacial score (nSPS) is 10.4. The van der Waals surface area contributed by atoms with E-state index in [9.17, 15) is 9.59 Å². The summed E-state index contributed by atoms with van der Waals surface area (Å²) in [6.07, 6.45) is 4.49. The zero-order valence-electron chi connectivity index (χ0n) is 13.2. The molecule has 0 spiro atoms. The van der Waals surface area contributed by atoms with Crippen molar-refractivity contribution in [3.63, 3.8) is 0 Å². The summed E-state index contributed by atoms with van der Waals surface area (Å²) in [5.41, 5.74) is 3.95. The van der Waals surface area contributed by atoms with Crippen LogP contribution in [0.1, 0.15) is 17.5 Å². The maximum Gasteiger partial charge on any atom is 0.249 e. The van der Waals surface area contributed by atoms with Gasteiger partial charge in [0.25, 0.3) is 0 Å². The van der Waals surface area contributed by atoms with E-state index in [1.165, 1.54) is 6.21 Å². The number of hydrazone groups is 1. The average Bonchev–Trinajstić information content (AvgIpc) is 2.61. The number of ether oxygens (including phenoxy) is 1. The van der Waals surface area contributed by atoms with Gasteiger partial charge in [-0.15, -0.1) is 0 Å². The van der Waals surface area contributed by atoms with Crippen molar-refractivity contribution in [2.45, 2.75) is 13.0 Å². The van der Waals surface area contributed by atoms with Gasteiger partial charge in [-0.05, 0) is 29.3 Å². The minimum Gasteiger partial charge on any atom is -0.497 e. The van der Waals surface area contributed by atoms with Gasteiger partial charge in [-0.1, -0.05) is 18.2 Å². The number of hydrogen-bond donors (Lipinski definition) is 2. The van der Waals surface area contributed by atoms with Crippen molar-refractivity contribution in [3.8, 4) is 5.75 Å². The predicted octanol–water partition coefficient (Wildman–Crippen LogP) is 1.25. The number of hydrogen-bond acceptors (Lipinski definition) is 5. The Morgan fingerprint density at radius 2 is 2.12 bits per heavy atom. The molecule has 0 aliphatic carbocycles. The van der Waals surface area contributed by atoms with Crippen molar-refractivity contribution in [2.24, 2.45) is 5.10 Å². The Morgan fingerprint density at radius 3 is 2.88 bits per heavy atom. The Morgan fingerprint density at radius 1 is 1.25 bits per heavy atom. The number of nitrogens with zero attached hydrogens (tertiary/aromatic N) is 2. The molecule has 7 heteroatoms. The van der Waals surface area contributed by atoms with Gasteiger partial charge in [0.1, 0.15) is 12.2 Å². The largest absolute Gasteiger partial charge is 0.497 e. The lowest BCUT2D eigenvalue weighted by Crippen LogP contribution is -2.29. The van der Waals surface area contributed by atoms with Crippen LogP contribution in [-0.2, 0) is 16.1 Å². The first kappa shape index (κ1) is 17.1. The summed E-state index contributed by atoms with van der Waals surface area (Å²) in [5, 5.41) is 6.46. The van der Waals surface area contributed by atoms with Crippen LogP contribution in [-0.4, -0.2) is 30.1 Å². The van der Waals surface area contributed by atoms with E-state index in [-0.39, 0.29) is 12.3 Å². The van der Waals surface area contributed by atoms with Crippen molar-refractivity contribution in [3.05, 3.63) is 59.9 Å². The fraction of sp³-hybridized carbons (Fsp3) is 0.176. The van der Waals surface area contributed by atoms with Crippen LogP contribution in [0.2, 0.25) is 0 Å². The van der Waals surface area contributed by atoms with Gasteiger partial charge in [0.05, 0.1) is 13.3 Å². The summed E-state index contributed by atoms with van der Waals surface area (Å²) in [5.74, 6) is -0.175. The number of carbonyl (C=O) groups excluding carboxylic acids is 2. The SMILES string of the molecule is COc1cccc(C=NNC(=O)CC(=O)NCc2cccnc2)c1. The number of amides is 2. The highest BCUT2D eigenvalue weighted by Crippen LogP contribution is 2.10. The van der Waals surface area contributed by atoms with Crippen LogP contribution in [0.3, 0.4) is 0 Å². The molecule has 2 amide bonds. The number of rotatable bonds is 7. The van der Waals surface area contributed by atoms with Gasteiger partial charge < -0.3 is 10.1 Å². The fourth-order valence-electron chi connectivity index (χ4n) is 1.85. The fourth-order valence-corrected chi connectivity index (χ4v) is 1.85. The summed E-state index contributed by atoms with van der Waals surface area (Å²) in [4.78, 5) is 27.3.